The minimum absolute atomic E-state index is 0.234. The van der Waals surface area contributed by atoms with Crippen LogP contribution < -0.4 is 5.73 Å². The van der Waals surface area contributed by atoms with Gasteiger partial charge in [-0.1, -0.05) is 19.1 Å². The molecule has 0 saturated heterocycles. The summed E-state index contributed by atoms with van der Waals surface area (Å²) in [7, 11) is 0. The quantitative estimate of drug-likeness (QED) is 0.914. The Hall–Kier alpha value is -1.61. The molecule has 0 spiro atoms. The van der Waals surface area contributed by atoms with Crippen LogP contribution in [0.3, 0.4) is 0 Å². The Labute approximate surface area is 115 Å². The third kappa shape index (κ3) is 2.87. The van der Waals surface area contributed by atoms with Crippen LogP contribution in [-0.2, 0) is 6.42 Å². The van der Waals surface area contributed by atoms with E-state index in [0.717, 1.165) is 24.2 Å². The molecule has 2 aromatic rings. The van der Waals surface area contributed by atoms with Gasteiger partial charge >= 0.3 is 0 Å². The third-order valence-corrected chi connectivity index (χ3v) is 3.83. The summed E-state index contributed by atoms with van der Waals surface area (Å²) in [6, 6.07) is 8.74. The van der Waals surface area contributed by atoms with Crippen molar-refractivity contribution in [3.63, 3.8) is 0 Å². The summed E-state index contributed by atoms with van der Waals surface area (Å²) in [6.07, 6.45) is 1.92. The van der Waals surface area contributed by atoms with Crippen LogP contribution in [0.15, 0.2) is 24.3 Å². The van der Waals surface area contributed by atoms with E-state index in [1.165, 1.54) is 16.8 Å². The Morgan fingerprint density at radius 2 is 2.00 bits per heavy atom. The molecule has 1 unspecified atom stereocenters. The van der Waals surface area contributed by atoms with Crippen LogP contribution in [0.25, 0.3) is 5.69 Å². The Morgan fingerprint density at radius 1 is 1.26 bits per heavy atom. The molecule has 2 N–H and O–H groups in total. The molecule has 0 saturated carbocycles. The molecule has 0 aliphatic rings. The second kappa shape index (κ2) is 5.57. The van der Waals surface area contributed by atoms with Crippen LogP contribution in [-0.4, -0.2) is 15.8 Å². The fourth-order valence-corrected chi connectivity index (χ4v) is 2.23. The molecule has 102 valence electrons. The first kappa shape index (κ1) is 13.8. The van der Waals surface area contributed by atoms with Gasteiger partial charge in [0, 0.05) is 11.7 Å². The number of hydrogen-bond acceptors (Lipinski definition) is 2. The number of hydrogen-bond donors (Lipinski definition) is 1. The summed E-state index contributed by atoms with van der Waals surface area (Å²) in [5.74, 6) is 0. The zero-order valence-corrected chi connectivity index (χ0v) is 12.3. The lowest BCUT2D eigenvalue weighted by Gasteiger charge is -2.11. The molecule has 19 heavy (non-hydrogen) atoms. The Balaban J connectivity index is 2.35. The van der Waals surface area contributed by atoms with E-state index in [2.05, 4.69) is 57.1 Å². The largest absolute Gasteiger partial charge is 0.327 e. The van der Waals surface area contributed by atoms with Gasteiger partial charge in [-0.3, -0.25) is 0 Å². The lowest BCUT2D eigenvalue weighted by atomic mass is 10.0. The molecular weight excluding hydrogens is 234 g/mol. The molecule has 1 aromatic carbocycles. The van der Waals surface area contributed by atoms with E-state index < -0.39 is 0 Å². The molecule has 1 heterocycles. The zero-order valence-electron chi connectivity index (χ0n) is 12.3. The van der Waals surface area contributed by atoms with E-state index in [-0.39, 0.29) is 6.04 Å². The van der Waals surface area contributed by atoms with Crippen molar-refractivity contribution in [2.24, 2.45) is 5.73 Å². The smallest absolute Gasteiger partial charge is 0.0651 e. The van der Waals surface area contributed by atoms with Crippen LogP contribution in [0.5, 0.6) is 0 Å². The van der Waals surface area contributed by atoms with Crippen molar-refractivity contribution in [2.45, 2.75) is 46.6 Å². The average molecular weight is 257 g/mol. The Morgan fingerprint density at radius 3 is 2.58 bits per heavy atom. The van der Waals surface area contributed by atoms with Gasteiger partial charge in [0.15, 0.2) is 0 Å². The Bertz CT molecular complexity index is 569. The summed E-state index contributed by atoms with van der Waals surface area (Å²) in [6.45, 7) is 8.40. The van der Waals surface area contributed by atoms with Gasteiger partial charge in [0.25, 0.3) is 0 Å². The minimum atomic E-state index is 0.234. The van der Waals surface area contributed by atoms with Crippen molar-refractivity contribution >= 4 is 0 Å². The van der Waals surface area contributed by atoms with E-state index in [1.807, 2.05) is 4.68 Å². The molecule has 0 amide bonds. The van der Waals surface area contributed by atoms with Crippen molar-refractivity contribution in [2.75, 3.05) is 0 Å². The molecule has 1 aromatic heterocycles. The van der Waals surface area contributed by atoms with Crippen LogP contribution in [0, 0.1) is 20.8 Å². The first-order chi connectivity index (χ1) is 9.02. The first-order valence-corrected chi connectivity index (χ1v) is 6.90. The lowest BCUT2D eigenvalue weighted by molar-refractivity contribution is 0.646. The summed E-state index contributed by atoms with van der Waals surface area (Å²) >= 11 is 0. The van der Waals surface area contributed by atoms with Gasteiger partial charge in [0.2, 0.25) is 0 Å². The highest BCUT2D eigenvalue weighted by atomic mass is 15.3. The molecule has 0 bridgehead atoms. The fourth-order valence-electron chi connectivity index (χ4n) is 2.23. The van der Waals surface area contributed by atoms with E-state index in [1.54, 1.807) is 0 Å². The van der Waals surface area contributed by atoms with E-state index >= 15 is 0 Å². The van der Waals surface area contributed by atoms with E-state index in [4.69, 9.17) is 5.73 Å². The molecule has 1 atom stereocenters. The molecule has 3 nitrogen and oxygen atoms in total. The predicted octanol–water partition coefficient (Wildman–Crippen LogP) is 3.08. The zero-order chi connectivity index (χ0) is 14.0. The van der Waals surface area contributed by atoms with Gasteiger partial charge < -0.3 is 5.73 Å². The van der Waals surface area contributed by atoms with Crippen molar-refractivity contribution in [1.82, 2.24) is 9.78 Å². The van der Waals surface area contributed by atoms with Crippen molar-refractivity contribution in [3.8, 4) is 5.69 Å². The topological polar surface area (TPSA) is 43.8 Å². The second-order valence-electron chi connectivity index (χ2n) is 5.25. The minimum Gasteiger partial charge on any atom is -0.327 e. The van der Waals surface area contributed by atoms with Crippen molar-refractivity contribution in [1.29, 1.82) is 0 Å². The van der Waals surface area contributed by atoms with Crippen molar-refractivity contribution < 1.29 is 0 Å². The Kier molecular flexibility index (Phi) is 4.05. The van der Waals surface area contributed by atoms with Crippen LogP contribution >= 0.6 is 0 Å². The highest BCUT2D eigenvalue weighted by molar-refractivity contribution is 5.39. The van der Waals surface area contributed by atoms with E-state index in [0.29, 0.717) is 0 Å². The maximum atomic E-state index is 6.03. The van der Waals surface area contributed by atoms with Gasteiger partial charge in [-0.05, 0) is 56.9 Å². The lowest BCUT2D eigenvalue weighted by Crippen LogP contribution is -2.21. The summed E-state index contributed by atoms with van der Waals surface area (Å²) < 4.78 is 2.02. The number of nitrogens with two attached hydrogens (primary N) is 1. The van der Waals surface area contributed by atoms with Gasteiger partial charge in [0.05, 0.1) is 11.4 Å². The third-order valence-electron chi connectivity index (χ3n) is 3.83. The maximum absolute atomic E-state index is 6.03. The fraction of sp³-hybridized carbons (Fsp3) is 0.438. The number of aryl methyl sites for hydroxylation is 1. The van der Waals surface area contributed by atoms with Gasteiger partial charge in [-0.25, -0.2) is 4.68 Å². The van der Waals surface area contributed by atoms with Gasteiger partial charge in [-0.15, -0.1) is 0 Å². The second-order valence-corrected chi connectivity index (χ2v) is 5.25. The van der Waals surface area contributed by atoms with Crippen LogP contribution in [0.2, 0.25) is 0 Å². The summed E-state index contributed by atoms with van der Waals surface area (Å²) in [4.78, 5) is 0. The van der Waals surface area contributed by atoms with Gasteiger partial charge in [-0.2, -0.15) is 5.10 Å². The standard InChI is InChI=1S/C16H23N3/c1-5-15(17)9-14-7-6-8-16(10-14)19-13(4)11(2)12(3)18-19/h6-8,10,15H,5,9,17H2,1-4H3. The van der Waals surface area contributed by atoms with Gasteiger partial charge in [0.1, 0.15) is 0 Å². The molecule has 2 rings (SSSR count). The summed E-state index contributed by atoms with van der Waals surface area (Å²) in [5, 5.41) is 4.61. The normalized spacial score (nSPS) is 12.7. The monoisotopic (exact) mass is 257 g/mol. The van der Waals surface area contributed by atoms with E-state index in [9.17, 15) is 0 Å². The predicted molar refractivity (Wildman–Crippen MR) is 79.7 cm³/mol. The van der Waals surface area contributed by atoms with Crippen LogP contribution in [0.4, 0.5) is 0 Å². The molecule has 0 aliphatic heterocycles. The number of aromatic nitrogens is 2. The molecule has 3 heteroatoms. The number of nitrogens with zero attached hydrogens (tertiary/aromatic N) is 2. The molecule has 0 radical (unpaired) electrons. The highest BCUT2D eigenvalue weighted by Gasteiger charge is 2.09. The highest BCUT2D eigenvalue weighted by Crippen LogP contribution is 2.18. The van der Waals surface area contributed by atoms with Crippen molar-refractivity contribution in [3.05, 3.63) is 46.8 Å². The number of benzene rings is 1. The maximum Gasteiger partial charge on any atom is 0.0651 e. The van der Waals surface area contributed by atoms with Crippen LogP contribution in [0.1, 0.15) is 35.9 Å². The molecule has 0 aliphatic carbocycles. The molecule has 0 fully saturated rings. The summed E-state index contributed by atoms with van der Waals surface area (Å²) in [5.41, 5.74) is 12.0. The average Bonchev–Trinajstić information content (AvgIpc) is 2.67. The first-order valence-electron chi connectivity index (χ1n) is 6.90. The molecular formula is C16H23N3. The number of rotatable bonds is 4. The SMILES string of the molecule is CCC(N)Cc1cccc(-n2nc(C)c(C)c2C)c1.